The maximum Gasteiger partial charge on any atom is 0.257 e. The minimum Gasteiger partial charge on any atom is -0.492 e. The summed E-state index contributed by atoms with van der Waals surface area (Å²) in [6.45, 7) is 8.37. The number of ether oxygens (including phenoxy) is 1. The molecule has 0 unspecified atom stereocenters. The van der Waals surface area contributed by atoms with Crippen molar-refractivity contribution in [2.24, 2.45) is 0 Å². The van der Waals surface area contributed by atoms with E-state index < -0.39 is 0 Å². The van der Waals surface area contributed by atoms with Gasteiger partial charge in [0.05, 0.1) is 12.3 Å². The second kappa shape index (κ2) is 8.65. The normalized spacial score (nSPS) is 10.8. The van der Waals surface area contributed by atoms with E-state index in [1.54, 1.807) is 10.7 Å². The summed E-state index contributed by atoms with van der Waals surface area (Å²) >= 11 is 1.10. The highest BCUT2D eigenvalue weighted by Gasteiger charge is 2.19. The van der Waals surface area contributed by atoms with E-state index in [0.29, 0.717) is 28.8 Å². The van der Waals surface area contributed by atoms with Gasteiger partial charge in [-0.3, -0.25) is 10.1 Å². The molecule has 0 aliphatic heterocycles. The fourth-order valence-electron chi connectivity index (χ4n) is 3.10. The zero-order chi connectivity index (χ0) is 22.0. The van der Waals surface area contributed by atoms with E-state index >= 15 is 0 Å². The van der Waals surface area contributed by atoms with E-state index in [0.717, 1.165) is 39.8 Å². The van der Waals surface area contributed by atoms with Crippen LogP contribution in [0.15, 0.2) is 42.5 Å². The molecule has 0 atom stereocenters. The molecule has 2 heterocycles. The Morgan fingerprint density at radius 1 is 1.13 bits per heavy atom. The Morgan fingerprint density at radius 3 is 2.71 bits per heavy atom. The first-order valence-electron chi connectivity index (χ1n) is 9.85. The quantitative estimate of drug-likeness (QED) is 0.484. The number of nitrogens with zero attached hydrogens (tertiary/aromatic N) is 5. The smallest absolute Gasteiger partial charge is 0.257 e. The largest absolute Gasteiger partial charge is 0.492 e. The van der Waals surface area contributed by atoms with Gasteiger partial charge in [0.25, 0.3) is 5.91 Å². The van der Waals surface area contributed by atoms with Crippen LogP contribution in [0.4, 0.5) is 5.13 Å². The Balaban J connectivity index is 1.57. The molecule has 4 aromatic rings. The number of amides is 1. The topological polar surface area (TPSA) is 94.8 Å². The lowest BCUT2D eigenvalue weighted by atomic mass is 10.1. The standard InChI is InChI=1S/C22H22N6O2S/c1-5-30-18-9-7-6-8-17(18)28-15(4)19(25-27-28)20-23-22(31-26-20)24-21(29)16-11-10-13(2)14(3)12-16/h6-12H,5H2,1-4H3,(H,23,24,26,29). The number of carbonyl (C=O) groups is 1. The van der Waals surface area contributed by atoms with Crippen molar-refractivity contribution in [3.05, 3.63) is 64.8 Å². The summed E-state index contributed by atoms with van der Waals surface area (Å²) in [5, 5.41) is 11.7. The molecule has 158 valence electrons. The van der Waals surface area contributed by atoms with Crippen molar-refractivity contribution < 1.29 is 9.53 Å². The Labute approximate surface area is 184 Å². The number of carbonyl (C=O) groups excluding carboxylic acids is 1. The molecule has 0 fully saturated rings. The predicted octanol–water partition coefficient (Wildman–Crippen LogP) is 4.36. The molecule has 0 saturated heterocycles. The summed E-state index contributed by atoms with van der Waals surface area (Å²) in [5.74, 6) is 0.909. The van der Waals surface area contributed by atoms with Crippen molar-refractivity contribution in [2.75, 3.05) is 11.9 Å². The molecule has 0 spiro atoms. The summed E-state index contributed by atoms with van der Waals surface area (Å²) in [7, 11) is 0. The molecule has 1 N–H and O–H groups in total. The van der Waals surface area contributed by atoms with E-state index in [9.17, 15) is 4.79 Å². The number of nitrogens with one attached hydrogen (secondary N) is 1. The third-order valence-corrected chi connectivity index (χ3v) is 5.55. The van der Waals surface area contributed by atoms with Crippen LogP contribution in [0.25, 0.3) is 17.2 Å². The average molecular weight is 435 g/mol. The molecule has 1 amide bonds. The molecule has 4 rings (SSSR count). The van der Waals surface area contributed by atoms with Crippen molar-refractivity contribution in [3.63, 3.8) is 0 Å². The van der Waals surface area contributed by atoms with Crippen LogP contribution in [-0.2, 0) is 0 Å². The number of rotatable bonds is 6. The molecule has 2 aromatic carbocycles. The van der Waals surface area contributed by atoms with Crippen molar-refractivity contribution in [3.8, 4) is 23.0 Å². The summed E-state index contributed by atoms with van der Waals surface area (Å²) in [5.41, 5.74) is 4.89. The summed E-state index contributed by atoms with van der Waals surface area (Å²) in [6.07, 6.45) is 0. The minimum atomic E-state index is -0.225. The molecule has 9 heteroatoms. The molecule has 31 heavy (non-hydrogen) atoms. The van der Waals surface area contributed by atoms with Gasteiger partial charge in [0, 0.05) is 17.1 Å². The van der Waals surface area contributed by atoms with Gasteiger partial charge in [-0.15, -0.1) is 5.10 Å². The van der Waals surface area contributed by atoms with Gasteiger partial charge in [0.1, 0.15) is 11.4 Å². The zero-order valence-electron chi connectivity index (χ0n) is 17.7. The highest BCUT2D eigenvalue weighted by atomic mass is 32.1. The van der Waals surface area contributed by atoms with Crippen LogP contribution in [0.3, 0.4) is 0 Å². The van der Waals surface area contributed by atoms with Crippen LogP contribution < -0.4 is 10.1 Å². The number of aromatic nitrogens is 5. The number of para-hydroxylation sites is 2. The van der Waals surface area contributed by atoms with Crippen LogP contribution >= 0.6 is 11.5 Å². The number of anilines is 1. The van der Waals surface area contributed by atoms with E-state index in [1.165, 1.54) is 0 Å². The first kappa shape index (κ1) is 20.7. The average Bonchev–Trinajstić information content (AvgIpc) is 3.37. The van der Waals surface area contributed by atoms with Gasteiger partial charge in [-0.2, -0.15) is 9.36 Å². The third kappa shape index (κ3) is 4.17. The van der Waals surface area contributed by atoms with Gasteiger partial charge < -0.3 is 4.74 Å². The molecule has 0 radical (unpaired) electrons. The van der Waals surface area contributed by atoms with Gasteiger partial charge in [-0.25, -0.2) is 4.68 Å². The predicted molar refractivity (Wildman–Crippen MR) is 120 cm³/mol. The van der Waals surface area contributed by atoms with E-state index in [-0.39, 0.29) is 5.91 Å². The summed E-state index contributed by atoms with van der Waals surface area (Å²) < 4.78 is 11.8. The number of hydrogen-bond acceptors (Lipinski definition) is 7. The van der Waals surface area contributed by atoms with Crippen molar-refractivity contribution >= 4 is 22.6 Å². The second-order valence-electron chi connectivity index (χ2n) is 7.01. The first-order chi connectivity index (χ1) is 15.0. The van der Waals surface area contributed by atoms with E-state index in [4.69, 9.17) is 4.74 Å². The lowest BCUT2D eigenvalue weighted by Gasteiger charge is -2.10. The maximum absolute atomic E-state index is 12.6. The minimum absolute atomic E-state index is 0.225. The highest BCUT2D eigenvalue weighted by Crippen LogP contribution is 2.28. The number of benzene rings is 2. The first-order valence-corrected chi connectivity index (χ1v) is 10.6. The Bertz CT molecular complexity index is 1250. The van der Waals surface area contributed by atoms with Crippen LogP contribution in [0.1, 0.15) is 34.1 Å². The molecule has 0 aliphatic rings. The van der Waals surface area contributed by atoms with Crippen molar-refractivity contribution in [1.82, 2.24) is 24.4 Å². The monoisotopic (exact) mass is 434 g/mol. The van der Waals surface area contributed by atoms with Gasteiger partial charge in [0.15, 0.2) is 11.5 Å². The van der Waals surface area contributed by atoms with Gasteiger partial charge in [-0.1, -0.05) is 23.4 Å². The molecular weight excluding hydrogens is 412 g/mol. The lowest BCUT2D eigenvalue weighted by Crippen LogP contribution is -2.12. The molecule has 2 aromatic heterocycles. The summed E-state index contributed by atoms with van der Waals surface area (Å²) in [6, 6.07) is 13.2. The zero-order valence-corrected chi connectivity index (χ0v) is 18.5. The highest BCUT2D eigenvalue weighted by molar-refractivity contribution is 7.10. The Morgan fingerprint density at radius 2 is 1.94 bits per heavy atom. The number of aryl methyl sites for hydroxylation is 2. The van der Waals surface area contributed by atoms with Crippen LogP contribution in [0.5, 0.6) is 5.75 Å². The van der Waals surface area contributed by atoms with E-state index in [1.807, 2.05) is 64.1 Å². The third-order valence-electron chi connectivity index (χ3n) is 4.92. The lowest BCUT2D eigenvalue weighted by molar-refractivity contribution is 0.102. The van der Waals surface area contributed by atoms with Gasteiger partial charge >= 0.3 is 0 Å². The fraction of sp³-hybridized carbons (Fsp3) is 0.227. The molecule has 0 aliphatic carbocycles. The van der Waals surface area contributed by atoms with Crippen LogP contribution in [0, 0.1) is 20.8 Å². The Hall–Kier alpha value is -3.59. The maximum atomic E-state index is 12.6. The number of hydrogen-bond donors (Lipinski definition) is 1. The van der Waals surface area contributed by atoms with Gasteiger partial charge in [-0.05, 0) is 63.1 Å². The van der Waals surface area contributed by atoms with Crippen LogP contribution in [-0.4, -0.2) is 36.9 Å². The fourth-order valence-corrected chi connectivity index (χ4v) is 3.66. The van der Waals surface area contributed by atoms with Crippen LogP contribution in [0.2, 0.25) is 0 Å². The molecule has 8 nitrogen and oxygen atoms in total. The van der Waals surface area contributed by atoms with Gasteiger partial charge in [0.2, 0.25) is 5.13 Å². The second-order valence-corrected chi connectivity index (χ2v) is 7.76. The molecule has 0 saturated carbocycles. The molecular formula is C22H22N6O2S. The molecule has 0 bridgehead atoms. The SMILES string of the molecule is CCOc1ccccc1-n1nnc(-c2nsc(NC(=O)c3ccc(C)c(C)c3)n2)c1C. The van der Waals surface area contributed by atoms with Crippen molar-refractivity contribution in [2.45, 2.75) is 27.7 Å². The van der Waals surface area contributed by atoms with Crippen molar-refractivity contribution in [1.29, 1.82) is 0 Å². The Kier molecular flexibility index (Phi) is 5.77. The summed E-state index contributed by atoms with van der Waals surface area (Å²) in [4.78, 5) is 17.0. The van der Waals surface area contributed by atoms with E-state index in [2.05, 4.69) is 25.0 Å².